The van der Waals surface area contributed by atoms with E-state index in [-0.39, 0.29) is 0 Å². The van der Waals surface area contributed by atoms with E-state index >= 15 is 0 Å². The van der Waals surface area contributed by atoms with Crippen LogP contribution in [0.25, 0.3) is 70.7 Å². The van der Waals surface area contributed by atoms with E-state index < -0.39 is 0 Å². The Labute approximate surface area is 191 Å². The van der Waals surface area contributed by atoms with Crippen molar-refractivity contribution in [3.63, 3.8) is 0 Å². The van der Waals surface area contributed by atoms with Crippen molar-refractivity contribution >= 4 is 93.5 Å². The van der Waals surface area contributed by atoms with Crippen LogP contribution in [-0.2, 0) is 0 Å². The molecule has 31 heavy (non-hydrogen) atoms. The van der Waals surface area contributed by atoms with E-state index in [0.29, 0.717) is 0 Å². The highest BCUT2D eigenvalue weighted by Crippen LogP contribution is 2.45. The lowest BCUT2D eigenvalue weighted by atomic mass is 10.0. The number of hydrogen-bond donors (Lipinski definition) is 0. The monoisotopic (exact) mass is 506 g/mol. The molecule has 3 heterocycles. The fourth-order valence-electron chi connectivity index (χ4n) is 5.66. The summed E-state index contributed by atoms with van der Waals surface area (Å²) in [5, 5.41) is 10.5. The van der Waals surface area contributed by atoms with Crippen LogP contribution in [0.4, 0.5) is 0 Å². The van der Waals surface area contributed by atoms with Crippen molar-refractivity contribution < 1.29 is 0 Å². The molecule has 8 aromatic rings. The standard InChI is InChI=1S/C28H15IN2/c29-31-23-11-5-9-19-18-8-3-4-10-22(18)30-25-15-17-7-2-1-6-16(17)14-21(25)20-12-13-24(31)27(26(19)23)28(20)30/h1-15H. The number of hydrogen-bond acceptors (Lipinski definition) is 0. The maximum atomic E-state index is 2.50. The maximum absolute atomic E-state index is 2.50. The van der Waals surface area contributed by atoms with Gasteiger partial charge in [0.05, 0.1) is 50.4 Å². The summed E-state index contributed by atoms with van der Waals surface area (Å²) in [5.74, 6) is 0. The average molecular weight is 506 g/mol. The summed E-state index contributed by atoms with van der Waals surface area (Å²) < 4.78 is 4.82. The second kappa shape index (κ2) is 5.48. The van der Waals surface area contributed by atoms with Crippen molar-refractivity contribution in [2.24, 2.45) is 0 Å². The quantitative estimate of drug-likeness (QED) is 0.183. The highest BCUT2D eigenvalue weighted by atomic mass is 127. The molecule has 2 nitrogen and oxygen atoms in total. The number of halogens is 1. The molecule has 0 amide bonds. The van der Waals surface area contributed by atoms with Gasteiger partial charge in [-0.2, -0.15) is 0 Å². The van der Waals surface area contributed by atoms with Crippen LogP contribution in [0.1, 0.15) is 0 Å². The predicted molar refractivity (Wildman–Crippen MR) is 141 cm³/mol. The molecule has 0 radical (unpaired) electrons. The summed E-state index contributed by atoms with van der Waals surface area (Å²) >= 11 is 2.45. The Morgan fingerprint density at radius 1 is 0.484 bits per heavy atom. The zero-order valence-electron chi connectivity index (χ0n) is 16.4. The third-order valence-corrected chi connectivity index (χ3v) is 7.96. The molecular formula is C28H15IN2. The van der Waals surface area contributed by atoms with Gasteiger partial charge in [-0.15, -0.1) is 0 Å². The van der Waals surface area contributed by atoms with Crippen molar-refractivity contribution in [1.82, 2.24) is 7.18 Å². The van der Waals surface area contributed by atoms with E-state index in [1.807, 2.05) is 0 Å². The molecule has 0 aliphatic rings. The summed E-state index contributed by atoms with van der Waals surface area (Å²) in [6.45, 7) is 0. The molecule has 0 fully saturated rings. The van der Waals surface area contributed by atoms with Crippen LogP contribution in [0, 0.1) is 0 Å². The number of rotatable bonds is 0. The fraction of sp³-hybridized carbons (Fsp3) is 0. The van der Waals surface area contributed by atoms with E-state index in [4.69, 9.17) is 0 Å². The Hall–Kier alpha value is -3.31. The van der Waals surface area contributed by atoms with Crippen LogP contribution in [-0.4, -0.2) is 7.18 Å². The molecule has 0 spiro atoms. The first-order valence-electron chi connectivity index (χ1n) is 10.5. The van der Waals surface area contributed by atoms with Gasteiger partial charge in [-0.25, -0.2) is 0 Å². The van der Waals surface area contributed by atoms with Gasteiger partial charge < -0.3 is 4.40 Å². The number of benzene rings is 5. The van der Waals surface area contributed by atoms with E-state index in [9.17, 15) is 0 Å². The van der Waals surface area contributed by atoms with Gasteiger partial charge in [0, 0.05) is 26.9 Å². The van der Waals surface area contributed by atoms with Gasteiger partial charge >= 0.3 is 0 Å². The Balaban J connectivity index is 1.87. The average Bonchev–Trinajstić information content (AvgIpc) is 3.24. The number of fused-ring (bicyclic) bond motifs is 7. The topological polar surface area (TPSA) is 9.34 Å². The molecule has 0 N–H and O–H groups in total. The molecule has 0 aliphatic heterocycles. The third-order valence-electron chi connectivity index (χ3n) is 6.93. The van der Waals surface area contributed by atoms with Crippen molar-refractivity contribution in [2.45, 2.75) is 0 Å². The smallest absolute Gasteiger partial charge is 0.0646 e. The zero-order chi connectivity index (χ0) is 20.3. The van der Waals surface area contributed by atoms with E-state index in [1.165, 1.54) is 70.7 Å². The molecule has 5 aromatic carbocycles. The number of para-hydroxylation sites is 1. The van der Waals surface area contributed by atoms with Gasteiger partial charge in [-0.05, 0) is 46.5 Å². The minimum atomic E-state index is 1.26. The van der Waals surface area contributed by atoms with E-state index in [0.717, 1.165) is 0 Å². The van der Waals surface area contributed by atoms with Crippen molar-refractivity contribution in [1.29, 1.82) is 0 Å². The second-order valence-electron chi connectivity index (χ2n) is 8.41. The first-order valence-corrected chi connectivity index (χ1v) is 11.5. The predicted octanol–water partition coefficient (Wildman–Crippen LogP) is 8.30. The van der Waals surface area contributed by atoms with Crippen molar-refractivity contribution in [3.8, 4) is 0 Å². The Kier molecular flexibility index (Phi) is 2.90. The Morgan fingerprint density at radius 3 is 2.10 bits per heavy atom. The summed E-state index contributed by atoms with van der Waals surface area (Å²) in [5.41, 5.74) is 6.40. The molecule has 0 aliphatic carbocycles. The van der Waals surface area contributed by atoms with Crippen molar-refractivity contribution in [3.05, 3.63) is 91.0 Å². The number of aromatic nitrogens is 2. The minimum Gasteiger partial charge on any atom is -0.308 e. The van der Waals surface area contributed by atoms with E-state index in [1.54, 1.807) is 0 Å². The van der Waals surface area contributed by atoms with Gasteiger partial charge in [0.25, 0.3) is 0 Å². The van der Waals surface area contributed by atoms with Crippen molar-refractivity contribution in [2.75, 3.05) is 0 Å². The molecular weight excluding hydrogens is 491 g/mol. The Bertz CT molecular complexity index is 2010. The first-order chi connectivity index (χ1) is 15.3. The molecule has 0 bridgehead atoms. The molecule has 3 aromatic heterocycles. The lowest BCUT2D eigenvalue weighted by Crippen LogP contribution is -1.86. The van der Waals surface area contributed by atoms with Gasteiger partial charge in [0.15, 0.2) is 0 Å². The van der Waals surface area contributed by atoms with Gasteiger partial charge in [-0.1, -0.05) is 60.7 Å². The summed E-state index contributed by atoms with van der Waals surface area (Å²) in [7, 11) is 0. The number of nitrogens with zero attached hydrogens (tertiary/aromatic N) is 2. The maximum Gasteiger partial charge on any atom is 0.0646 e. The first kappa shape index (κ1) is 16.4. The molecule has 0 unspecified atom stereocenters. The van der Waals surface area contributed by atoms with Crippen LogP contribution < -0.4 is 0 Å². The van der Waals surface area contributed by atoms with Gasteiger partial charge in [-0.3, -0.25) is 2.78 Å². The molecule has 0 saturated carbocycles. The van der Waals surface area contributed by atoms with Crippen LogP contribution >= 0.6 is 22.9 Å². The van der Waals surface area contributed by atoms with Gasteiger partial charge in [0.2, 0.25) is 0 Å². The van der Waals surface area contributed by atoms with Crippen LogP contribution in [0.3, 0.4) is 0 Å². The van der Waals surface area contributed by atoms with Crippen LogP contribution in [0.15, 0.2) is 91.0 Å². The fourth-order valence-corrected chi connectivity index (χ4v) is 6.46. The zero-order valence-corrected chi connectivity index (χ0v) is 18.6. The molecule has 8 rings (SSSR count). The third kappa shape index (κ3) is 1.85. The van der Waals surface area contributed by atoms with Gasteiger partial charge in [0.1, 0.15) is 0 Å². The second-order valence-corrected chi connectivity index (χ2v) is 9.37. The lowest BCUT2D eigenvalue weighted by Gasteiger charge is -2.04. The van der Waals surface area contributed by atoms with Crippen LogP contribution in [0.5, 0.6) is 0 Å². The summed E-state index contributed by atoms with van der Waals surface area (Å²) in [6.07, 6.45) is 0. The van der Waals surface area contributed by atoms with Crippen LogP contribution in [0.2, 0.25) is 0 Å². The van der Waals surface area contributed by atoms with E-state index in [2.05, 4.69) is 121 Å². The minimum absolute atomic E-state index is 1.26. The normalized spacial score (nSPS) is 12.7. The SMILES string of the molecule is In1c2cccc3c4ccccc4n4c5cc6ccccc6cc5c5ccc1c(c32)c54. The largest absolute Gasteiger partial charge is 0.308 e. The molecule has 0 saturated heterocycles. The Morgan fingerprint density at radius 2 is 1.19 bits per heavy atom. The highest BCUT2D eigenvalue weighted by molar-refractivity contribution is 14.1. The molecule has 0 atom stereocenters. The molecule has 3 heteroatoms. The molecule has 144 valence electrons. The lowest BCUT2D eigenvalue weighted by molar-refractivity contribution is 1.36. The summed E-state index contributed by atoms with van der Waals surface area (Å²) in [6, 6.07) is 33.6. The summed E-state index contributed by atoms with van der Waals surface area (Å²) in [4.78, 5) is 0. The highest BCUT2D eigenvalue weighted by Gasteiger charge is 2.21.